The van der Waals surface area contributed by atoms with E-state index in [4.69, 9.17) is 10.9 Å². The molecule has 0 amide bonds. The molecule has 0 aliphatic rings. The second-order valence-electron chi connectivity index (χ2n) is 2.84. The fourth-order valence-corrected chi connectivity index (χ4v) is 1.17. The molecule has 2 heterocycles. The number of oxime groups is 1. The van der Waals surface area contributed by atoms with Gasteiger partial charge in [-0.15, -0.1) is 0 Å². The van der Waals surface area contributed by atoms with Gasteiger partial charge in [-0.3, -0.25) is 0 Å². The topological polar surface area (TPSA) is 89.3 Å². The number of amidine groups is 1. The van der Waals surface area contributed by atoms with Gasteiger partial charge in [0.15, 0.2) is 11.7 Å². The summed E-state index contributed by atoms with van der Waals surface area (Å²) in [4.78, 5) is 4.11. The van der Waals surface area contributed by atoms with Crippen LogP contribution in [-0.2, 0) is 0 Å². The zero-order chi connectivity index (χ0) is 10.7. The fourth-order valence-electron chi connectivity index (χ4n) is 1.17. The van der Waals surface area contributed by atoms with Crippen LogP contribution in [0, 0.1) is 0 Å². The third-order valence-corrected chi connectivity index (χ3v) is 1.89. The van der Waals surface area contributed by atoms with Crippen molar-refractivity contribution in [3.05, 3.63) is 42.4 Å². The summed E-state index contributed by atoms with van der Waals surface area (Å²) in [6.45, 7) is 0. The summed E-state index contributed by atoms with van der Waals surface area (Å²) in [5.41, 5.74) is 6.05. The molecule has 0 aliphatic heterocycles. The number of nitrogens with zero attached hydrogens (tertiary/aromatic N) is 4. The van der Waals surface area contributed by atoms with Crippen molar-refractivity contribution < 1.29 is 5.21 Å². The summed E-state index contributed by atoms with van der Waals surface area (Å²) in [5, 5.41) is 15.5. The number of hydrogen-bond donors (Lipinski definition) is 2. The van der Waals surface area contributed by atoms with Crippen LogP contribution in [0.25, 0.3) is 5.82 Å². The van der Waals surface area contributed by atoms with Gasteiger partial charge in [0.1, 0.15) is 0 Å². The Morgan fingerprint density at radius 3 is 3.00 bits per heavy atom. The number of nitrogens with two attached hydrogens (primary N) is 1. The van der Waals surface area contributed by atoms with E-state index >= 15 is 0 Å². The molecule has 0 unspecified atom stereocenters. The van der Waals surface area contributed by atoms with Gasteiger partial charge in [0.2, 0.25) is 0 Å². The lowest BCUT2D eigenvalue weighted by Gasteiger charge is -2.02. The maximum atomic E-state index is 8.53. The van der Waals surface area contributed by atoms with Crippen molar-refractivity contribution in [1.82, 2.24) is 14.8 Å². The Labute approximate surface area is 85.7 Å². The molecule has 0 saturated heterocycles. The molecule has 2 aromatic rings. The lowest BCUT2D eigenvalue weighted by atomic mass is 10.2. The number of pyridine rings is 1. The second-order valence-corrected chi connectivity index (χ2v) is 2.84. The first-order valence-electron chi connectivity index (χ1n) is 4.25. The molecule has 6 heteroatoms. The summed E-state index contributed by atoms with van der Waals surface area (Å²) in [7, 11) is 0. The molecule has 2 rings (SSSR count). The first-order chi connectivity index (χ1) is 7.31. The highest BCUT2D eigenvalue weighted by Gasteiger charge is 2.02. The zero-order valence-electron chi connectivity index (χ0n) is 7.78. The Morgan fingerprint density at radius 2 is 2.33 bits per heavy atom. The molecule has 0 fully saturated rings. The van der Waals surface area contributed by atoms with Crippen LogP contribution in [0.1, 0.15) is 5.56 Å². The van der Waals surface area contributed by atoms with Crippen molar-refractivity contribution in [2.24, 2.45) is 10.9 Å². The molecule has 6 nitrogen and oxygen atoms in total. The first-order valence-corrected chi connectivity index (χ1v) is 4.25. The van der Waals surface area contributed by atoms with Gasteiger partial charge in [-0.05, 0) is 18.2 Å². The van der Waals surface area contributed by atoms with E-state index in [1.807, 2.05) is 0 Å². The Morgan fingerprint density at radius 1 is 1.47 bits per heavy atom. The molecule has 0 bridgehead atoms. The molecule has 15 heavy (non-hydrogen) atoms. The third kappa shape index (κ3) is 1.78. The molecule has 3 N–H and O–H groups in total. The van der Waals surface area contributed by atoms with Gasteiger partial charge in [-0.2, -0.15) is 5.10 Å². The molecule has 76 valence electrons. The second kappa shape index (κ2) is 3.79. The molecular formula is C9H9N5O. The van der Waals surface area contributed by atoms with Crippen LogP contribution in [0.5, 0.6) is 0 Å². The van der Waals surface area contributed by atoms with Crippen LogP contribution in [0.3, 0.4) is 0 Å². The van der Waals surface area contributed by atoms with E-state index in [0.29, 0.717) is 11.4 Å². The predicted molar refractivity (Wildman–Crippen MR) is 53.9 cm³/mol. The smallest absolute Gasteiger partial charge is 0.170 e. The van der Waals surface area contributed by atoms with Crippen LogP contribution in [0.15, 0.2) is 41.9 Å². The van der Waals surface area contributed by atoms with Crippen LogP contribution < -0.4 is 5.73 Å². The standard InChI is InChI=1S/C9H9N5O/c10-9(13-15)7-2-4-11-8(6-7)14-5-1-3-12-14/h1-6,15H,(H2,10,13). The number of rotatable bonds is 2. The molecule has 0 spiro atoms. The Hall–Kier alpha value is -2.37. The van der Waals surface area contributed by atoms with Crippen molar-refractivity contribution >= 4 is 5.84 Å². The molecule has 0 radical (unpaired) electrons. The van der Waals surface area contributed by atoms with E-state index in [1.54, 1.807) is 41.5 Å². The van der Waals surface area contributed by atoms with E-state index in [1.165, 1.54) is 0 Å². The van der Waals surface area contributed by atoms with Gasteiger partial charge in [0, 0.05) is 24.2 Å². The van der Waals surface area contributed by atoms with Crippen LogP contribution in [0.4, 0.5) is 0 Å². The van der Waals surface area contributed by atoms with E-state index in [-0.39, 0.29) is 5.84 Å². The fraction of sp³-hybridized carbons (Fsp3) is 0. The zero-order valence-corrected chi connectivity index (χ0v) is 7.78. The van der Waals surface area contributed by atoms with Gasteiger partial charge in [-0.1, -0.05) is 5.16 Å². The average Bonchev–Trinajstić information content (AvgIpc) is 2.82. The maximum Gasteiger partial charge on any atom is 0.170 e. The minimum absolute atomic E-state index is 0.0470. The van der Waals surface area contributed by atoms with Crippen molar-refractivity contribution in [3.8, 4) is 5.82 Å². The monoisotopic (exact) mass is 203 g/mol. The minimum Gasteiger partial charge on any atom is -0.409 e. The van der Waals surface area contributed by atoms with Crippen molar-refractivity contribution in [2.75, 3.05) is 0 Å². The first kappa shape index (κ1) is 9.20. The van der Waals surface area contributed by atoms with E-state index < -0.39 is 0 Å². The lowest BCUT2D eigenvalue weighted by Crippen LogP contribution is -2.14. The van der Waals surface area contributed by atoms with Gasteiger partial charge >= 0.3 is 0 Å². The summed E-state index contributed by atoms with van der Waals surface area (Å²) in [6.07, 6.45) is 4.99. The summed E-state index contributed by atoms with van der Waals surface area (Å²) in [5.74, 6) is 0.662. The SMILES string of the molecule is NC(=NO)c1ccnc(-n2cccn2)c1. The predicted octanol–water partition coefficient (Wildman–Crippen LogP) is 0.362. The van der Waals surface area contributed by atoms with Crippen LogP contribution in [-0.4, -0.2) is 25.8 Å². The lowest BCUT2D eigenvalue weighted by molar-refractivity contribution is 0.318. The molecular weight excluding hydrogens is 194 g/mol. The van der Waals surface area contributed by atoms with Crippen molar-refractivity contribution in [3.63, 3.8) is 0 Å². The number of hydrogen-bond acceptors (Lipinski definition) is 4. The summed E-state index contributed by atoms with van der Waals surface area (Å²) in [6, 6.07) is 5.13. The quantitative estimate of drug-likeness (QED) is 0.319. The van der Waals surface area contributed by atoms with Crippen LogP contribution >= 0.6 is 0 Å². The molecule has 0 saturated carbocycles. The highest BCUT2D eigenvalue weighted by Crippen LogP contribution is 2.05. The van der Waals surface area contributed by atoms with Gasteiger partial charge < -0.3 is 10.9 Å². The van der Waals surface area contributed by atoms with Gasteiger partial charge in [0.25, 0.3) is 0 Å². The molecule has 2 aromatic heterocycles. The van der Waals surface area contributed by atoms with Crippen LogP contribution in [0.2, 0.25) is 0 Å². The summed E-state index contributed by atoms with van der Waals surface area (Å²) >= 11 is 0. The minimum atomic E-state index is 0.0470. The highest BCUT2D eigenvalue weighted by atomic mass is 16.4. The van der Waals surface area contributed by atoms with Crippen molar-refractivity contribution in [2.45, 2.75) is 0 Å². The molecule has 0 aromatic carbocycles. The molecule has 0 atom stereocenters. The van der Waals surface area contributed by atoms with E-state index in [2.05, 4.69) is 15.2 Å². The Kier molecular flexibility index (Phi) is 2.32. The number of aromatic nitrogens is 3. The van der Waals surface area contributed by atoms with Gasteiger partial charge in [0.05, 0.1) is 0 Å². The highest BCUT2D eigenvalue weighted by molar-refractivity contribution is 5.97. The van der Waals surface area contributed by atoms with E-state index in [9.17, 15) is 0 Å². The van der Waals surface area contributed by atoms with E-state index in [0.717, 1.165) is 0 Å². The average molecular weight is 203 g/mol. The normalized spacial score (nSPS) is 11.6. The third-order valence-electron chi connectivity index (χ3n) is 1.89. The molecule has 0 aliphatic carbocycles. The maximum absolute atomic E-state index is 8.53. The Balaban J connectivity index is 2.44. The van der Waals surface area contributed by atoms with Gasteiger partial charge in [-0.25, -0.2) is 9.67 Å². The Bertz CT molecular complexity index is 477. The van der Waals surface area contributed by atoms with Crippen molar-refractivity contribution in [1.29, 1.82) is 0 Å². The summed E-state index contributed by atoms with van der Waals surface area (Å²) < 4.78 is 1.59. The largest absolute Gasteiger partial charge is 0.409 e.